The normalized spacial score (nSPS) is 35.0. The first-order valence-electron chi connectivity index (χ1n) is 16.3. The Morgan fingerprint density at radius 1 is 0.907 bits per heavy atom. The van der Waals surface area contributed by atoms with Crippen molar-refractivity contribution in [3.63, 3.8) is 0 Å². The predicted molar refractivity (Wildman–Crippen MR) is 166 cm³/mol. The summed E-state index contributed by atoms with van der Waals surface area (Å²) in [6, 6.07) is 2.99. The first-order chi connectivity index (χ1) is 20.2. The molecule has 9 atom stereocenters. The molecule has 0 bridgehead atoms. The molecule has 0 saturated heterocycles. The summed E-state index contributed by atoms with van der Waals surface area (Å²) in [5.41, 5.74) is 1.07. The Labute approximate surface area is 255 Å². The van der Waals surface area contributed by atoms with Crippen molar-refractivity contribution in [2.45, 2.75) is 99.0 Å². The van der Waals surface area contributed by atoms with E-state index in [1.165, 1.54) is 25.7 Å². The number of hydrogen-bond donors (Lipinski definition) is 0. The summed E-state index contributed by atoms with van der Waals surface area (Å²) in [7, 11) is 0. The van der Waals surface area contributed by atoms with Crippen molar-refractivity contribution in [1.82, 2.24) is 0 Å². The molecule has 1 aromatic rings. The lowest BCUT2D eigenvalue weighted by Gasteiger charge is -2.58. The van der Waals surface area contributed by atoms with Crippen LogP contribution in [0.25, 0.3) is 0 Å². The minimum atomic E-state index is -0.733. The van der Waals surface area contributed by atoms with Gasteiger partial charge in [-0.2, -0.15) is 0 Å². The molecule has 0 spiro atoms. The third-order valence-electron chi connectivity index (χ3n) is 12.3. The van der Waals surface area contributed by atoms with Crippen molar-refractivity contribution >= 4 is 17.3 Å². The molecule has 0 heterocycles. The summed E-state index contributed by atoms with van der Waals surface area (Å²) in [4.78, 5) is 34.1. The molecule has 1 aromatic carbocycles. The number of nitro benzene ring substituents is 2. The second-order valence-electron chi connectivity index (χ2n) is 14.9. The van der Waals surface area contributed by atoms with Crippen LogP contribution in [0, 0.1) is 72.5 Å². The third kappa shape index (κ3) is 5.78. The number of carbonyl (C=O) groups excluding carboxylic acids is 1. The van der Waals surface area contributed by atoms with Crippen LogP contribution >= 0.6 is 0 Å². The Bertz CT molecular complexity index is 1300. The fraction of sp³-hybridized carbons (Fsp3) is 0.686. The Balaban J connectivity index is 1.28. The number of rotatable bonds is 8. The molecule has 43 heavy (non-hydrogen) atoms. The van der Waals surface area contributed by atoms with Gasteiger partial charge >= 0.3 is 5.97 Å². The first kappa shape index (κ1) is 31.4. The van der Waals surface area contributed by atoms with Crippen LogP contribution in [0.15, 0.2) is 42.0 Å². The zero-order valence-electron chi connectivity index (χ0n) is 26.6. The highest BCUT2D eigenvalue weighted by atomic mass is 16.6. The lowest BCUT2D eigenvalue weighted by atomic mass is 9.47. The maximum absolute atomic E-state index is 13.0. The highest BCUT2D eigenvalue weighted by Gasteiger charge is 2.58. The molecule has 0 aromatic heterocycles. The van der Waals surface area contributed by atoms with Crippen molar-refractivity contribution in [2.24, 2.45) is 52.3 Å². The average Bonchev–Trinajstić information content (AvgIpc) is 3.32. The minimum Gasteiger partial charge on any atom is -0.459 e. The van der Waals surface area contributed by atoms with Crippen LogP contribution in [0.2, 0.25) is 0 Å². The Morgan fingerprint density at radius 2 is 1.53 bits per heavy atom. The minimum absolute atomic E-state index is 0.148. The molecule has 0 aliphatic heterocycles. The largest absolute Gasteiger partial charge is 0.459 e. The molecular formula is C35H48N2O6. The summed E-state index contributed by atoms with van der Waals surface area (Å²) >= 11 is 0. The smallest absolute Gasteiger partial charge is 0.338 e. The molecule has 0 unspecified atom stereocenters. The molecule has 234 valence electrons. The van der Waals surface area contributed by atoms with Gasteiger partial charge in [-0.1, -0.05) is 65.3 Å². The molecule has 8 nitrogen and oxygen atoms in total. The van der Waals surface area contributed by atoms with E-state index in [1.807, 2.05) is 0 Å². The van der Waals surface area contributed by atoms with Gasteiger partial charge in [-0.15, -0.1) is 0 Å². The van der Waals surface area contributed by atoms with Crippen molar-refractivity contribution < 1.29 is 19.4 Å². The van der Waals surface area contributed by atoms with Gasteiger partial charge in [-0.25, -0.2) is 4.79 Å². The zero-order chi connectivity index (χ0) is 31.3. The van der Waals surface area contributed by atoms with E-state index in [-0.39, 0.29) is 17.1 Å². The number of hydrogen-bond acceptors (Lipinski definition) is 6. The van der Waals surface area contributed by atoms with Gasteiger partial charge in [0.15, 0.2) is 0 Å². The Kier molecular flexibility index (Phi) is 8.62. The van der Waals surface area contributed by atoms with Crippen LogP contribution in [0.5, 0.6) is 0 Å². The third-order valence-corrected chi connectivity index (χ3v) is 12.3. The van der Waals surface area contributed by atoms with Gasteiger partial charge in [-0.3, -0.25) is 20.2 Å². The van der Waals surface area contributed by atoms with Crippen molar-refractivity contribution in [3.8, 4) is 0 Å². The fourth-order valence-electron chi connectivity index (χ4n) is 9.33. The molecule has 8 heteroatoms. The van der Waals surface area contributed by atoms with E-state index in [4.69, 9.17) is 4.74 Å². The van der Waals surface area contributed by atoms with E-state index in [9.17, 15) is 25.0 Å². The number of fused-ring (bicyclic) bond motifs is 5. The van der Waals surface area contributed by atoms with E-state index < -0.39 is 27.2 Å². The Morgan fingerprint density at radius 3 is 2.16 bits per heavy atom. The molecule has 5 rings (SSSR count). The van der Waals surface area contributed by atoms with Gasteiger partial charge in [0, 0.05) is 12.1 Å². The first-order valence-corrected chi connectivity index (χ1v) is 16.3. The SMILES string of the molecule is CC(C)[C@@H](C)/C=C/[C@@H](C)[C@@H]1CC[C@@H]2C3=CC[C@@H]4C[C@@H](OC(=O)c5cc([N+](=O)[O-])cc([N+](=O)[O-])c5)CC[C@@]4(C)[C@H]3CC[C@@]21C. The van der Waals surface area contributed by atoms with Crippen molar-refractivity contribution in [1.29, 1.82) is 0 Å². The number of non-ortho nitro benzene ring substituents is 2. The number of ether oxygens (including phenoxy) is 1. The van der Waals surface area contributed by atoms with Gasteiger partial charge in [0.25, 0.3) is 11.4 Å². The molecular weight excluding hydrogens is 544 g/mol. The maximum Gasteiger partial charge on any atom is 0.338 e. The van der Waals surface area contributed by atoms with Gasteiger partial charge in [0.2, 0.25) is 0 Å². The standard InChI is InChI=1S/C35H48N2O6/c1-21(2)22(3)7-8-23(4)30-11-12-31-29-10-9-25-19-28(13-15-34(25,5)32(29)14-16-35(30,31)6)43-33(38)24-17-26(36(39)40)20-27(18-24)37(41)42/h7-8,10,17-18,20-23,25,28,30-32H,9,11-16,19H2,1-6H3/b8-7+/t22-,23+,25+,28-,30-,31+,32-,34+,35+/m0/s1. The zero-order valence-corrected chi connectivity index (χ0v) is 26.6. The van der Waals surface area contributed by atoms with Crippen molar-refractivity contribution in [3.05, 3.63) is 67.8 Å². The summed E-state index contributed by atoms with van der Waals surface area (Å²) < 4.78 is 5.85. The lowest BCUT2D eigenvalue weighted by Crippen LogP contribution is -2.50. The van der Waals surface area contributed by atoms with Gasteiger partial charge < -0.3 is 4.74 Å². The lowest BCUT2D eigenvalue weighted by molar-refractivity contribution is -0.394. The van der Waals surface area contributed by atoms with Crippen LogP contribution < -0.4 is 0 Å². The van der Waals surface area contributed by atoms with E-state index in [0.29, 0.717) is 46.8 Å². The van der Waals surface area contributed by atoms with Crippen molar-refractivity contribution in [2.75, 3.05) is 0 Å². The second kappa shape index (κ2) is 11.8. The van der Waals surface area contributed by atoms with E-state index in [2.05, 4.69) is 59.8 Å². The number of nitro groups is 2. The summed E-state index contributed by atoms with van der Waals surface area (Å²) in [6.45, 7) is 14.3. The molecule has 3 saturated carbocycles. The molecule has 4 aliphatic carbocycles. The van der Waals surface area contributed by atoms with E-state index in [1.54, 1.807) is 5.57 Å². The summed E-state index contributed by atoms with van der Waals surface area (Å²) in [5, 5.41) is 22.6. The molecule has 0 N–H and O–H groups in total. The number of carbonyl (C=O) groups is 1. The average molecular weight is 593 g/mol. The van der Waals surface area contributed by atoms with Gasteiger partial charge in [-0.05, 0) is 104 Å². The highest BCUT2D eigenvalue weighted by molar-refractivity contribution is 5.91. The number of esters is 1. The highest BCUT2D eigenvalue weighted by Crippen LogP contribution is 2.67. The molecule has 0 amide bonds. The monoisotopic (exact) mass is 592 g/mol. The van der Waals surface area contributed by atoms with Crippen LogP contribution in [0.1, 0.15) is 103 Å². The predicted octanol–water partition coefficient (Wildman–Crippen LogP) is 9.09. The van der Waals surface area contributed by atoms with Crippen LogP contribution in [-0.2, 0) is 4.74 Å². The number of allylic oxidation sites excluding steroid dienone is 4. The summed E-state index contributed by atoms with van der Waals surface area (Å²) in [5.74, 6) is 3.42. The van der Waals surface area contributed by atoms with Gasteiger partial charge in [0.1, 0.15) is 6.10 Å². The topological polar surface area (TPSA) is 113 Å². The maximum atomic E-state index is 13.0. The van der Waals surface area contributed by atoms with Crippen LogP contribution in [0.4, 0.5) is 11.4 Å². The molecule has 4 aliphatic rings. The summed E-state index contributed by atoms with van der Waals surface area (Å²) in [6.07, 6.45) is 15.6. The van der Waals surface area contributed by atoms with Crippen LogP contribution in [0.3, 0.4) is 0 Å². The van der Waals surface area contributed by atoms with Crippen LogP contribution in [-0.4, -0.2) is 21.9 Å². The van der Waals surface area contributed by atoms with E-state index in [0.717, 1.165) is 43.9 Å². The fourth-order valence-corrected chi connectivity index (χ4v) is 9.33. The number of nitrogens with zero attached hydrogens (tertiary/aromatic N) is 2. The second-order valence-corrected chi connectivity index (χ2v) is 14.9. The number of benzene rings is 1. The molecule has 3 fully saturated rings. The quantitative estimate of drug-likeness (QED) is 0.129. The Hall–Kier alpha value is -3.03. The van der Waals surface area contributed by atoms with E-state index >= 15 is 0 Å². The molecule has 0 radical (unpaired) electrons. The van der Waals surface area contributed by atoms with Gasteiger partial charge in [0.05, 0.1) is 21.5 Å².